The monoisotopic (exact) mass is 1550 g/mol. The number of epoxide rings is 2. The molecule has 0 aromatic carbocycles. The Balaban J connectivity index is 0.000000496. The molecule has 2 fully saturated rings. The number of methoxy groups -OCH3 is 2. The zero-order chi connectivity index (χ0) is 71.3. The van der Waals surface area contributed by atoms with Gasteiger partial charge in [0, 0.05) is 44.6 Å². The van der Waals surface area contributed by atoms with Crippen molar-refractivity contribution < 1.29 is 87.7 Å². The van der Waals surface area contributed by atoms with Gasteiger partial charge >= 0.3 is 210 Å². The van der Waals surface area contributed by atoms with Crippen LogP contribution in [-0.4, -0.2) is 184 Å². The molecule has 0 amide bonds. The van der Waals surface area contributed by atoms with Crippen LogP contribution in [0.1, 0.15) is 208 Å². The van der Waals surface area contributed by atoms with E-state index in [1.54, 1.807) is 52.4 Å². The summed E-state index contributed by atoms with van der Waals surface area (Å²) in [7, 11) is 3.47. The van der Waals surface area contributed by atoms with Crippen molar-refractivity contribution in [1.29, 1.82) is 0 Å². The number of ether oxygens (including phenoxy) is 8. The van der Waals surface area contributed by atoms with Crippen LogP contribution in [0.4, 0.5) is 0 Å². The van der Waals surface area contributed by atoms with E-state index in [9.17, 15) is 49.8 Å². The van der Waals surface area contributed by atoms with Gasteiger partial charge in [-0.05, 0) is 87.2 Å². The van der Waals surface area contributed by atoms with E-state index in [1.165, 1.54) is 65.7 Å². The van der Waals surface area contributed by atoms with Crippen LogP contribution in [0.3, 0.4) is 0 Å². The molecule has 0 bridgehead atoms. The molecule has 0 spiro atoms. The molecule has 0 aliphatic carbocycles. The maximum Gasteiger partial charge on any atom is 0.309 e. The molecule has 4 heterocycles. The number of allylic oxidation sites excluding steroid dienone is 2. The summed E-state index contributed by atoms with van der Waals surface area (Å²) in [6.45, 7) is 32.6. The zero-order valence-electron chi connectivity index (χ0n) is 60.8. The number of aliphatic hydroxyl groups is 6. The Hall–Kier alpha value is -2.55. The number of esters is 4. The van der Waals surface area contributed by atoms with E-state index in [0.717, 1.165) is 24.0 Å². The second kappa shape index (κ2) is 43.9. The summed E-state index contributed by atoms with van der Waals surface area (Å²) in [5.74, 6) is -2.06. The van der Waals surface area contributed by atoms with Gasteiger partial charge in [-0.2, -0.15) is 0 Å². The van der Waals surface area contributed by atoms with Gasteiger partial charge in [0.1, 0.15) is 41.7 Å². The quantitative estimate of drug-likeness (QED) is 0.00773. The Morgan fingerprint density at radius 3 is 1.34 bits per heavy atom. The summed E-state index contributed by atoms with van der Waals surface area (Å²) in [5, 5.41) is 63.8. The number of unbranched alkanes of at least 4 members (excludes halogenated alkanes) is 3. The van der Waals surface area contributed by atoms with Crippen LogP contribution in [0.2, 0.25) is 13.3 Å². The van der Waals surface area contributed by atoms with Gasteiger partial charge in [-0.1, -0.05) is 87.6 Å². The van der Waals surface area contributed by atoms with E-state index in [4.69, 9.17) is 37.9 Å². The Morgan fingerprint density at radius 2 is 1.00 bits per heavy atom. The van der Waals surface area contributed by atoms with E-state index in [0.29, 0.717) is 5.92 Å². The molecule has 0 radical (unpaired) electrons. The zero-order valence-corrected chi connectivity index (χ0v) is 65.8. The first-order chi connectivity index (χ1) is 44.2. The molecule has 0 aromatic heterocycles. The molecule has 0 saturated carbocycles. The molecule has 18 nitrogen and oxygen atoms in total. The van der Waals surface area contributed by atoms with E-state index in [-0.39, 0.29) is 105 Å². The van der Waals surface area contributed by atoms with Crippen molar-refractivity contribution >= 4 is 64.8 Å². The SMILES string of the molecule is CC(=O)O[C@H]1/C=C/[C@H](C)[C@@H](/C(C)=C/I)OC(=O)C[C@H](O)CC[C@@]1(C)O.CCC[CH2][Sn](/[CH]=C/[C@@H](C)[C@@H](O)[C@H]1O[C@@H]1[C@H](C)[C@H](CC)OC)([CH2]CCC)[CH2]CCC.CC[C@H](OC)[C@@H](C)[C@H]1O[C@@H]1[C@H](O)[C@H](C)/C=C/C=C(\C)[C@H]1OC(=O)C[C@H](O)CC[C@@](C)(O)[C@@H](OC(C)=O)/C=C/[C@@H]1C. The van der Waals surface area contributed by atoms with E-state index < -0.39 is 102 Å². The van der Waals surface area contributed by atoms with Gasteiger partial charge in [0.05, 0.1) is 43.4 Å². The molecule has 22 atom stereocenters. The van der Waals surface area contributed by atoms with Crippen molar-refractivity contribution in [2.24, 2.45) is 35.5 Å². The molecule has 4 rings (SSSR count). The van der Waals surface area contributed by atoms with Gasteiger partial charge in [-0.15, -0.1) is 0 Å². The first kappa shape index (κ1) is 87.5. The first-order valence-electron chi connectivity index (χ1n) is 35.1. The third kappa shape index (κ3) is 30.1. The van der Waals surface area contributed by atoms with Gasteiger partial charge in [0.25, 0.3) is 0 Å². The van der Waals surface area contributed by atoms with Crippen LogP contribution in [-0.2, 0) is 57.1 Å². The van der Waals surface area contributed by atoms with Crippen molar-refractivity contribution in [3.8, 4) is 0 Å². The predicted molar refractivity (Wildman–Crippen MR) is 381 cm³/mol. The Labute approximate surface area is 583 Å². The van der Waals surface area contributed by atoms with Crippen molar-refractivity contribution in [3.05, 3.63) is 67.9 Å². The average Bonchev–Trinajstić information content (AvgIpc) is 1.64. The number of hydrogen-bond acceptors (Lipinski definition) is 18. The fourth-order valence-corrected chi connectivity index (χ4v) is 27.8. The summed E-state index contributed by atoms with van der Waals surface area (Å²) in [6.07, 6.45) is 19.1. The third-order valence-electron chi connectivity index (χ3n) is 19.4. The molecule has 4 aliphatic rings. The first-order valence-corrected chi connectivity index (χ1v) is 44.1. The molecule has 0 unspecified atom stereocenters. The molecule has 6 N–H and O–H groups in total. The fourth-order valence-electron chi connectivity index (χ4n) is 12.8. The number of aliphatic hydroxyl groups excluding tert-OH is 4. The number of hydrogen-bond donors (Lipinski definition) is 6. The standard InChI is InChI=1S/C31H50O9.C18H27IO6.C13H23O3.3C4H9.Sn/c1-9-24(37-8)21(5)29-30(40-29)27(35)18(2)11-10-12-19(3)28-20(4)13-14-25(38-22(6)32)31(7,36)16-15-23(33)17-26(34)39-28;1-11-5-6-15(24-13(3)20)18(4,23)8-7-14(21)9-16(22)25-17(11)12(2)10-19;1-6-8(3)11(14)13-12(16-13)9(4)10(7-2)15-5;3*1-3-4-2;/h10-14,18,20-21,23-25,27-30,33,35-36H,9,15-17H2,1-8H3;5-6,10-11,14-15,17,21,23H,7-9H2,1-4H3;1,6,8-14H,7H2,2-5H3;3*1,3-4H2,2H3;/b11-10+,14-13+,19-12+;6-5+,12-10+;;;;;/t18-,20+,21-,23-,24+,25+,27-,28-,29-,30-,31-;11-,14+,15-,17-,18+;8-,9-,10+,11-,12-,13-;;;;/m101..../s1. The molecule has 20 heteroatoms. The molecule has 0 aromatic rings. The smallest absolute Gasteiger partial charge is 0.309 e. The van der Waals surface area contributed by atoms with Crippen LogP contribution >= 0.6 is 22.6 Å². The van der Waals surface area contributed by atoms with Crippen LogP contribution in [0.5, 0.6) is 0 Å². The van der Waals surface area contributed by atoms with E-state index in [1.807, 2.05) is 56.9 Å². The van der Waals surface area contributed by atoms with Gasteiger partial charge in [0.2, 0.25) is 0 Å². The normalized spacial score (nSPS) is 32.4. The van der Waals surface area contributed by atoms with E-state index in [2.05, 4.69) is 88.1 Å². The largest absolute Gasteiger partial charge is 0.457 e. The van der Waals surface area contributed by atoms with Crippen molar-refractivity contribution in [1.82, 2.24) is 0 Å². The fraction of sp³-hybridized carbons (Fsp3) is 0.784. The summed E-state index contributed by atoms with van der Waals surface area (Å²) >= 11 is -0.195. The minimum absolute atomic E-state index is 0.0274. The van der Waals surface area contributed by atoms with Gasteiger partial charge in [0.15, 0.2) is 0 Å². The maximum absolute atomic E-state index is 12.6. The number of rotatable bonds is 29. The summed E-state index contributed by atoms with van der Waals surface area (Å²) in [5.41, 5.74) is -1.15. The van der Waals surface area contributed by atoms with Crippen molar-refractivity contribution in [3.63, 3.8) is 0 Å². The minimum Gasteiger partial charge on any atom is -0.457 e. The Morgan fingerprint density at radius 1 is 0.628 bits per heavy atom. The summed E-state index contributed by atoms with van der Waals surface area (Å²) in [6, 6.07) is 0. The van der Waals surface area contributed by atoms with Gasteiger partial charge in [-0.3, -0.25) is 19.2 Å². The molecular formula is C74H127IO18Sn. The van der Waals surface area contributed by atoms with Crippen LogP contribution in [0.15, 0.2) is 67.9 Å². The van der Waals surface area contributed by atoms with Crippen LogP contribution < -0.4 is 0 Å². The van der Waals surface area contributed by atoms with Crippen molar-refractivity contribution in [2.45, 2.75) is 318 Å². The van der Waals surface area contributed by atoms with Crippen LogP contribution in [0, 0.1) is 35.5 Å². The van der Waals surface area contributed by atoms with Crippen LogP contribution in [0.25, 0.3) is 0 Å². The number of carbonyl (C=O) groups excluding carboxylic acids is 4. The third-order valence-corrected chi connectivity index (χ3v) is 34.5. The molecule has 4 aliphatic heterocycles. The van der Waals surface area contributed by atoms with Gasteiger partial charge in [-0.25, -0.2) is 0 Å². The topological polar surface area (TPSA) is 270 Å². The Bertz CT molecular complexity index is 2390. The molecular weight excluding hydrogens is 1420 g/mol. The Kier molecular flexibility index (Phi) is 40.8. The predicted octanol–water partition coefficient (Wildman–Crippen LogP) is 13.1. The van der Waals surface area contributed by atoms with E-state index >= 15 is 0 Å². The summed E-state index contributed by atoms with van der Waals surface area (Å²) < 4.78 is 53.7. The number of halogens is 1. The second-order valence-corrected chi connectivity index (χ2v) is 41.6. The average molecular weight is 1550 g/mol. The number of carbonyl (C=O) groups is 4. The number of cyclic esters (lactones) is 2. The minimum atomic E-state index is -2.27. The van der Waals surface area contributed by atoms with Gasteiger partial charge < -0.3 is 54.0 Å². The summed E-state index contributed by atoms with van der Waals surface area (Å²) in [4.78, 5) is 47.8. The second-order valence-electron chi connectivity index (χ2n) is 28.0. The molecule has 542 valence electrons. The molecule has 94 heavy (non-hydrogen) atoms. The molecule has 2 saturated heterocycles. The van der Waals surface area contributed by atoms with Crippen molar-refractivity contribution in [2.75, 3.05) is 14.2 Å². The maximum atomic E-state index is 12.6.